The Morgan fingerprint density at radius 1 is 1.15 bits per heavy atom. The third kappa shape index (κ3) is 5.50. The van der Waals surface area contributed by atoms with E-state index in [-0.39, 0.29) is 60.4 Å². The van der Waals surface area contributed by atoms with Gasteiger partial charge in [0.2, 0.25) is 10.0 Å². The molecule has 0 saturated carbocycles. The van der Waals surface area contributed by atoms with Crippen LogP contribution in [0.4, 0.5) is 11.4 Å². The minimum absolute atomic E-state index is 0.0484. The average molecular weight is 493 g/mol. The highest BCUT2D eigenvalue weighted by Gasteiger charge is 2.28. The largest absolute Gasteiger partial charge is 0.492 e. The molecule has 182 valence electrons. The number of hydrogen-bond donors (Lipinski definition) is 1. The van der Waals surface area contributed by atoms with Crippen molar-refractivity contribution in [3.63, 3.8) is 0 Å². The number of benzene rings is 2. The Morgan fingerprint density at radius 2 is 1.82 bits per heavy atom. The summed E-state index contributed by atoms with van der Waals surface area (Å²) in [4.78, 5) is 35.3. The lowest BCUT2D eigenvalue weighted by Crippen LogP contribution is -2.40. The Labute approximate surface area is 195 Å². The molecule has 0 spiro atoms. The van der Waals surface area contributed by atoms with Gasteiger partial charge in [-0.05, 0) is 31.2 Å². The van der Waals surface area contributed by atoms with Crippen LogP contribution in [0.25, 0.3) is 0 Å². The number of amides is 1. The Balaban J connectivity index is 1.98. The van der Waals surface area contributed by atoms with E-state index in [1.807, 2.05) is 0 Å². The Kier molecular flexibility index (Phi) is 7.81. The SMILES string of the molecule is CCOc1ccc(S(=O)(=O)N2CCOCC2)cc1NC(=O)c1cc(C(=O)OC)cc([N+](=O)[O-])c1. The number of carbonyl (C=O) groups is 2. The van der Waals surface area contributed by atoms with Crippen LogP contribution in [0.2, 0.25) is 0 Å². The van der Waals surface area contributed by atoms with E-state index in [1.165, 1.54) is 22.5 Å². The van der Waals surface area contributed by atoms with Crippen molar-refractivity contribution in [2.45, 2.75) is 11.8 Å². The molecule has 1 N–H and O–H groups in total. The van der Waals surface area contributed by atoms with Gasteiger partial charge in [-0.1, -0.05) is 0 Å². The van der Waals surface area contributed by atoms with Crippen molar-refractivity contribution in [1.82, 2.24) is 4.31 Å². The first-order valence-corrected chi connectivity index (χ1v) is 11.6. The number of morpholine rings is 1. The molecule has 0 atom stereocenters. The molecule has 13 heteroatoms. The fourth-order valence-corrected chi connectivity index (χ4v) is 4.70. The highest BCUT2D eigenvalue weighted by molar-refractivity contribution is 7.89. The Morgan fingerprint density at radius 3 is 2.44 bits per heavy atom. The molecule has 1 fully saturated rings. The van der Waals surface area contributed by atoms with Crippen molar-refractivity contribution >= 4 is 33.3 Å². The number of nitrogens with one attached hydrogen (secondary N) is 1. The number of non-ortho nitro benzene ring substituents is 1. The molecule has 34 heavy (non-hydrogen) atoms. The molecule has 1 saturated heterocycles. The summed E-state index contributed by atoms with van der Waals surface area (Å²) >= 11 is 0. The number of sulfonamides is 1. The standard InChI is InChI=1S/C21H23N3O9S/c1-3-33-19-5-4-17(34(29,30)23-6-8-32-9-7-23)13-18(19)22-20(25)14-10-15(21(26)31-2)12-16(11-14)24(27)28/h4-5,10-13H,3,6-9H2,1-2H3,(H,22,25). The second-order valence-electron chi connectivity index (χ2n) is 7.08. The van der Waals surface area contributed by atoms with Gasteiger partial charge in [0, 0.05) is 30.8 Å². The van der Waals surface area contributed by atoms with E-state index in [0.29, 0.717) is 0 Å². The maximum Gasteiger partial charge on any atom is 0.338 e. The first-order valence-electron chi connectivity index (χ1n) is 10.2. The summed E-state index contributed by atoms with van der Waals surface area (Å²) in [6, 6.07) is 7.17. The number of anilines is 1. The van der Waals surface area contributed by atoms with Gasteiger partial charge in [-0.15, -0.1) is 0 Å². The molecule has 0 aliphatic carbocycles. The summed E-state index contributed by atoms with van der Waals surface area (Å²) in [7, 11) is -2.75. The first-order chi connectivity index (χ1) is 16.2. The molecular formula is C21H23N3O9S. The van der Waals surface area contributed by atoms with Crippen LogP contribution < -0.4 is 10.1 Å². The predicted molar refractivity (Wildman–Crippen MR) is 120 cm³/mol. The van der Waals surface area contributed by atoms with Gasteiger partial charge >= 0.3 is 5.97 Å². The van der Waals surface area contributed by atoms with E-state index in [1.54, 1.807) is 6.92 Å². The smallest absolute Gasteiger partial charge is 0.338 e. The zero-order chi connectivity index (χ0) is 24.9. The molecule has 0 bridgehead atoms. The summed E-state index contributed by atoms with van der Waals surface area (Å²) < 4.78 is 42.6. The van der Waals surface area contributed by atoms with E-state index >= 15 is 0 Å². The van der Waals surface area contributed by atoms with Gasteiger partial charge in [0.05, 0.1) is 48.0 Å². The lowest BCUT2D eigenvalue weighted by Gasteiger charge is -2.26. The number of ether oxygens (including phenoxy) is 3. The number of carbonyl (C=O) groups excluding carboxylic acids is 2. The van der Waals surface area contributed by atoms with Crippen LogP contribution in [0.3, 0.4) is 0 Å². The molecule has 1 aliphatic heterocycles. The lowest BCUT2D eigenvalue weighted by atomic mass is 10.1. The molecule has 0 aromatic heterocycles. The minimum Gasteiger partial charge on any atom is -0.492 e. The van der Waals surface area contributed by atoms with Crippen LogP contribution >= 0.6 is 0 Å². The van der Waals surface area contributed by atoms with Gasteiger partial charge in [-0.25, -0.2) is 13.2 Å². The zero-order valence-electron chi connectivity index (χ0n) is 18.5. The number of rotatable bonds is 8. The predicted octanol–water partition coefficient (Wildman–Crippen LogP) is 2.05. The molecule has 0 radical (unpaired) electrons. The Hall–Kier alpha value is -3.55. The lowest BCUT2D eigenvalue weighted by molar-refractivity contribution is -0.384. The summed E-state index contributed by atoms with van der Waals surface area (Å²) in [5.74, 6) is -1.46. The molecular weight excluding hydrogens is 470 g/mol. The molecule has 1 amide bonds. The monoisotopic (exact) mass is 493 g/mol. The molecule has 1 heterocycles. The molecule has 2 aromatic carbocycles. The maximum absolute atomic E-state index is 13.0. The highest BCUT2D eigenvalue weighted by atomic mass is 32.2. The summed E-state index contributed by atoms with van der Waals surface area (Å²) in [6.07, 6.45) is 0. The third-order valence-corrected chi connectivity index (χ3v) is 6.81. The normalized spacial score (nSPS) is 14.3. The minimum atomic E-state index is -3.86. The van der Waals surface area contributed by atoms with Crippen molar-refractivity contribution in [2.24, 2.45) is 0 Å². The van der Waals surface area contributed by atoms with Gasteiger partial charge in [0.15, 0.2) is 0 Å². The second kappa shape index (κ2) is 10.6. The van der Waals surface area contributed by atoms with Crippen LogP contribution in [0.15, 0.2) is 41.3 Å². The molecule has 12 nitrogen and oxygen atoms in total. The second-order valence-corrected chi connectivity index (χ2v) is 9.02. The van der Waals surface area contributed by atoms with Crippen molar-refractivity contribution in [2.75, 3.05) is 45.3 Å². The van der Waals surface area contributed by atoms with Crippen molar-refractivity contribution in [1.29, 1.82) is 0 Å². The average Bonchev–Trinajstić information content (AvgIpc) is 2.84. The summed E-state index contributed by atoms with van der Waals surface area (Å²) in [6.45, 7) is 2.89. The van der Waals surface area contributed by atoms with Crippen LogP contribution in [-0.2, 0) is 19.5 Å². The molecule has 2 aromatic rings. The van der Waals surface area contributed by atoms with E-state index < -0.39 is 32.5 Å². The number of nitro groups is 1. The van der Waals surface area contributed by atoms with Crippen LogP contribution in [0, 0.1) is 10.1 Å². The maximum atomic E-state index is 13.0. The van der Waals surface area contributed by atoms with Crippen LogP contribution in [-0.4, -0.2) is 69.5 Å². The molecule has 0 unspecified atom stereocenters. The first kappa shape index (κ1) is 25.1. The highest BCUT2D eigenvalue weighted by Crippen LogP contribution is 2.30. The van der Waals surface area contributed by atoms with Crippen LogP contribution in [0.5, 0.6) is 5.75 Å². The summed E-state index contributed by atoms with van der Waals surface area (Å²) in [5, 5.41) is 13.8. The van der Waals surface area contributed by atoms with Gasteiger partial charge in [-0.2, -0.15) is 4.31 Å². The van der Waals surface area contributed by atoms with E-state index in [4.69, 9.17) is 9.47 Å². The fourth-order valence-electron chi connectivity index (χ4n) is 3.26. The number of esters is 1. The number of nitro benzene ring substituents is 1. The zero-order valence-corrected chi connectivity index (χ0v) is 19.3. The topological polar surface area (TPSA) is 154 Å². The van der Waals surface area contributed by atoms with E-state index in [9.17, 15) is 28.1 Å². The fraction of sp³-hybridized carbons (Fsp3) is 0.333. The molecule has 3 rings (SSSR count). The Bertz CT molecular complexity index is 1210. The number of methoxy groups -OCH3 is 1. The number of nitrogens with zero attached hydrogens (tertiary/aromatic N) is 2. The van der Waals surface area contributed by atoms with Crippen LogP contribution in [0.1, 0.15) is 27.6 Å². The molecule has 1 aliphatic rings. The van der Waals surface area contributed by atoms with Crippen molar-refractivity contribution in [3.8, 4) is 5.75 Å². The van der Waals surface area contributed by atoms with Gasteiger partial charge in [0.1, 0.15) is 5.75 Å². The van der Waals surface area contributed by atoms with Crippen molar-refractivity contribution < 1.29 is 37.1 Å². The summed E-state index contributed by atoms with van der Waals surface area (Å²) in [5.41, 5.74) is -0.817. The van der Waals surface area contributed by atoms with Gasteiger partial charge in [-0.3, -0.25) is 14.9 Å². The van der Waals surface area contributed by atoms with Crippen molar-refractivity contribution in [3.05, 3.63) is 57.6 Å². The van der Waals surface area contributed by atoms with Gasteiger partial charge < -0.3 is 19.5 Å². The van der Waals surface area contributed by atoms with E-state index in [0.717, 1.165) is 25.3 Å². The quantitative estimate of drug-likeness (QED) is 0.330. The number of hydrogen-bond acceptors (Lipinski definition) is 9. The van der Waals surface area contributed by atoms with E-state index in [2.05, 4.69) is 10.1 Å². The van der Waals surface area contributed by atoms with Gasteiger partial charge in [0.25, 0.3) is 11.6 Å². The third-order valence-electron chi connectivity index (χ3n) is 4.92.